The summed E-state index contributed by atoms with van der Waals surface area (Å²) >= 11 is 1.46. The molecule has 0 fully saturated rings. The molecule has 1 aromatic rings. The van der Waals surface area contributed by atoms with Crippen molar-refractivity contribution in [3.63, 3.8) is 0 Å². The van der Waals surface area contributed by atoms with Crippen molar-refractivity contribution in [1.29, 1.82) is 0 Å². The van der Waals surface area contributed by atoms with Gasteiger partial charge in [-0.25, -0.2) is 0 Å². The van der Waals surface area contributed by atoms with Gasteiger partial charge in [-0.05, 0) is 30.5 Å². The van der Waals surface area contributed by atoms with Gasteiger partial charge in [0.2, 0.25) is 0 Å². The number of hydrazone groups is 1. The first kappa shape index (κ1) is 10.9. The lowest BCUT2D eigenvalue weighted by Crippen LogP contribution is -2.09. The summed E-state index contributed by atoms with van der Waals surface area (Å²) in [4.78, 5) is 0. The van der Waals surface area contributed by atoms with E-state index in [1.165, 1.54) is 28.5 Å². The molecule has 0 saturated carbocycles. The lowest BCUT2D eigenvalue weighted by Gasteiger charge is -2.08. The highest BCUT2D eigenvalue weighted by Gasteiger charge is 2.03. The average Bonchev–Trinajstić information content (AvgIpc) is 2.16. The highest BCUT2D eigenvalue weighted by Crippen LogP contribution is 2.19. The number of nitrogens with two attached hydrogens (primary N) is 2. The van der Waals surface area contributed by atoms with Gasteiger partial charge in [0, 0.05) is 5.75 Å². The summed E-state index contributed by atoms with van der Waals surface area (Å²) in [5, 5.41) is 3.84. The third-order valence-electron chi connectivity index (χ3n) is 2.14. The Morgan fingerprint density at radius 1 is 1.36 bits per heavy atom. The lowest BCUT2D eigenvalue weighted by atomic mass is 10.1. The third kappa shape index (κ3) is 2.67. The van der Waals surface area contributed by atoms with E-state index in [4.69, 9.17) is 11.6 Å². The Bertz CT molecular complexity index is 327. The van der Waals surface area contributed by atoms with Crippen LogP contribution in [0.2, 0.25) is 0 Å². The topological polar surface area (TPSA) is 64.4 Å². The van der Waals surface area contributed by atoms with Gasteiger partial charge in [0.05, 0.1) is 0 Å². The van der Waals surface area contributed by atoms with Crippen LogP contribution in [0.5, 0.6) is 0 Å². The molecule has 0 amide bonds. The van der Waals surface area contributed by atoms with Crippen LogP contribution in [0.3, 0.4) is 0 Å². The first-order valence-corrected chi connectivity index (χ1v) is 5.35. The smallest absolute Gasteiger partial charge is 0.177 e. The fraction of sp³-hybridized carbons (Fsp3) is 0.300. The van der Waals surface area contributed by atoms with E-state index in [0.717, 1.165) is 5.75 Å². The van der Waals surface area contributed by atoms with Gasteiger partial charge in [-0.2, -0.15) is 5.10 Å². The molecule has 0 radical (unpaired) electrons. The van der Waals surface area contributed by atoms with Crippen molar-refractivity contribution in [2.45, 2.75) is 19.6 Å². The molecule has 0 aliphatic rings. The van der Waals surface area contributed by atoms with Crippen LogP contribution >= 0.6 is 11.8 Å². The molecule has 3 nitrogen and oxygen atoms in total. The van der Waals surface area contributed by atoms with Gasteiger partial charge in [0.1, 0.15) is 0 Å². The van der Waals surface area contributed by atoms with Crippen molar-refractivity contribution in [1.82, 2.24) is 0 Å². The maximum atomic E-state index is 5.51. The van der Waals surface area contributed by atoms with E-state index in [9.17, 15) is 0 Å². The minimum Gasteiger partial charge on any atom is -0.377 e. The number of aryl methyl sites for hydroxylation is 2. The SMILES string of the molecule is Cc1cccc(C)c1CS/C(N)=N/N. The van der Waals surface area contributed by atoms with Crippen molar-refractivity contribution in [3.05, 3.63) is 34.9 Å². The highest BCUT2D eigenvalue weighted by atomic mass is 32.2. The molecule has 1 aromatic carbocycles. The first-order valence-electron chi connectivity index (χ1n) is 4.36. The van der Waals surface area contributed by atoms with Gasteiger partial charge in [-0.1, -0.05) is 30.0 Å². The number of hydrogen-bond donors (Lipinski definition) is 2. The molecule has 0 bridgehead atoms. The van der Waals surface area contributed by atoms with E-state index in [1.807, 2.05) is 0 Å². The van der Waals surface area contributed by atoms with Crippen molar-refractivity contribution in [2.75, 3.05) is 0 Å². The van der Waals surface area contributed by atoms with Gasteiger partial charge in [0.25, 0.3) is 0 Å². The Hall–Kier alpha value is -1.16. The summed E-state index contributed by atoms with van der Waals surface area (Å²) < 4.78 is 0. The van der Waals surface area contributed by atoms with Crippen LogP contribution in [0, 0.1) is 13.8 Å². The summed E-state index contributed by atoms with van der Waals surface area (Å²) in [6, 6.07) is 6.25. The lowest BCUT2D eigenvalue weighted by molar-refractivity contribution is 1.23. The van der Waals surface area contributed by atoms with Crippen LogP contribution in [0.15, 0.2) is 23.3 Å². The summed E-state index contributed by atoms with van der Waals surface area (Å²) in [6.45, 7) is 4.19. The van der Waals surface area contributed by atoms with E-state index < -0.39 is 0 Å². The number of benzene rings is 1. The maximum Gasteiger partial charge on any atom is 0.177 e. The van der Waals surface area contributed by atoms with Crippen molar-refractivity contribution in [2.24, 2.45) is 16.7 Å². The van der Waals surface area contributed by atoms with Crippen molar-refractivity contribution in [3.8, 4) is 0 Å². The molecule has 14 heavy (non-hydrogen) atoms. The Morgan fingerprint density at radius 3 is 2.43 bits per heavy atom. The molecule has 1 rings (SSSR count). The minimum absolute atomic E-state index is 0.424. The van der Waals surface area contributed by atoms with E-state index >= 15 is 0 Å². The van der Waals surface area contributed by atoms with Gasteiger partial charge in [0.15, 0.2) is 5.17 Å². The van der Waals surface area contributed by atoms with Gasteiger partial charge < -0.3 is 11.6 Å². The quantitative estimate of drug-likeness (QED) is 0.337. The van der Waals surface area contributed by atoms with Crippen LogP contribution < -0.4 is 11.6 Å². The monoisotopic (exact) mass is 209 g/mol. The average molecular weight is 209 g/mol. The second-order valence-electron chi connectivity index (χ2n) is 3.13. The molecule has 0 unspecified atom stereocenters. The summed E-state index contributed by atoms with van der Waals surface area (Å²) in [5.74, 6) is 5.88. The second kappa shape index (κ2) is 4.91. The number of thioether (sulfide) groups is 1. The molecule has 0 aromatic heterocycles. The molecule has 0 saturated heterocycles. The normalized spacial score (nSPS) is 11.7. The molecule has 0 aliphatic carbocycles. The first-order chi connectivity index (χ1) is 6.65. The van der Waals surface area contributed by atoms with Crippen molar-refractivity contribution < 1.29 is 0 Å². The zero-order chi connectivity index (χ0) is 10.6. The summed E-state index contributed by atoms with van der Waals surface area (Å²) in [7, 11) is 0. The minimum atomic E-state index is 0.424. The molecule has 4 N–H and O–H groups in total. The van der Waals surface area contributed by atoms with E-state index in [1.54, 1.807) is 0 Å². The zero-order valence-electron chi connectivity index (χ0n) is 8.45. The Labute approximate surface area is 88.6 Å². The molecule has 0 heterocycles. The van der Waals surface area contributed by atoms with Crippen LogP contribution in [-0.4, -0.2) is 5.17 Å². The number of amidine groups is 1. The maximum absolute atomic E-state index is 5.51. The Balaban J connectivity index is 2.76. The molecule has 0 spiro atoms. The second-order valence-corrected chi connectivity index (χ2v) is 4.12. The van der Waals surface area contributed by atoms with Crippen molar-refractivity contribution >= 4 is 16.9 Å². The molecular weight excluding hydrogens is 194 g/mol. The van der Waals surface area contributed by atoms with Gasteiger partial charge in [-0.3, -0.25) is 0 Å². The van der Waals surface area contributed by atoms with Gasteiger partial charge in [-0.15, -0.1) is 0 Å². The molecule has 0 atom stereocenters. The summed E-state index contributed by atoms with van der Waals surface area (Å²) in [5.41, 5.74) is 9.38. The van der Waals surface area contributed by atoms with Gasteiger partial charge >= 0.3 is 0 Å². The largest absolute Gasteiger partial charge is 0.377 e. The van der Waals surface area contributed by atoms with E-state index in [-0.39, 0.29) is 0 Å². The standard InChI is InChI=1S/C10H15N3S/c1-7-4-3-5-8(2)9(7)6-14-10(11)13-12/h3-5H,6,12H2,1-2H3,(H2,11,13). The van der Waals surface area contributed by atoms with Crippen LogP contribution in [0.25, 0.3) is 0 Å². The number of hydrogen-bond acceptors (Lipinski definition) is 3. The fourth-order valence-corrected chi connectivity index (χ4v) is 2.08. The number of rotatable bonds is 2. The highest BCUT2D eigenvalue weighted by molar-refractivity contribution is 8.13. The Morgan fingerprint density at radius 2 is 1.93 bits per heavy atom. The van der Waals surface area contributed by atoms with E-state index in [2.05, 4.69) is 37.1 Å². The van der Waals surface area contributed by atoms with Crippen LogP contribution in [-0.2, 0) is 5.75 Å². The van der Waals surface area contributed by atoms with E-state index in [0.29, 0.717) is 5.17 Å². The molecular formula is C10H15N3S. The summed E-state index contributed by atoms with van der Waals surface area (Å²) in [6.07, 6.45) is 0. The molecule has 4 heteroatoms. The third-order valence-corrected chi connectivity index (χ3v) is 2.97. The molecule has 76 valence electrons. The fourth-order valence-electron chi connectivity index (χ4n) is 1.26. The predicted molar refractivity (Wildman–Crippen MR) is 63.0 cm³/mol. The molecule has 0 aliphatic heterocycles. The predicted octanol–water partition coefficient (Wildman–Crippen LogP) is 1.73. The van der Waals surface area contributed by atoms with Crippen LogP contribution in [0.4, 0.5) is 0 Å². The van der Waals surface area contributed by atoms with Crippen LogP contribution in [0.1, 0.15) is 16.7 Å². The zero-order valence-corrected chi connectivity index (χ0v) is 9.27. The Kier molecular flexibility index (Phi) is 3.83. The number of nitrogens with zero attached hydrogens (tertiary/aromatic N) is 1.